The lowest BCUT2D eigenvalue weighted by molar-refractivity contribution is -0.181. The molecule has 0 saturated heterocycles. The summed E-state index contributed by atoms with van der Waals surface area (Å²) in [5.74, 6) is -1.63. The van der Waals surface area contributed by atoms with Gasteiger partial charge in [0.05, 0.1) is 18.1 Å². The molecule has 0 radical (unpaired) electrons. The summed E-state index contributed by atoms with van der Waals surface area (Å²) in [6, 6.07) is 18.6. The third kappa shape index (κ3) is 7.83. The van der Waals surface area contributed by atoms with Crippen LogP contribution in [-0.4, -0.2) is 46.5 Å². The molecule has 0 heterocycles. The highest BCUT2D eigenvalue weighted by Crippen LogP contribution is 2.30. The van der Waals surface area contributed by atoms with Crippen LogP contribution in [0.5, 0.6) is 5.75 Å². The highest BCUT2D eigenvalue weighted by molar-refractivity contribution is 6.07. The molecule has 0 aliphatic heterocycles. The van der Waals surface area contributed by atoms with Crippen molar-refractivity contribution in [3.8, 4) is 5.75 Å². The Kier molecular flexibility index (Phi) is 10.2. The number of carbonyl (C=O) groups is 4. The first-order chi connectivity index (χ1) is 20.4. The van der Waals surface area contributed by atoms with Crippen LogP contribution in [0.1, 0.15) is 90.8 Å². The molecule has 3 rings (SSSR count). The minimum Gasteiger partial charge on any atom is -0.496 e. The van der Waals surface area contributed by atoms with Gasteiger partial charge in [-0.05, 0) is 86.6 Å². The van der Waals surface area contributed by atoms with E-state index in [2.05, 4.69) is 0 Å². The summed E-state index contributed by atoms with van der Waals surface area (Å²) in [6.07, 6.45) is -2.71. The summed E-state index contributed by atoms with van der Waals surface area (Å²) >= 11 is 0. The van der Waals surface area contributed by atoms with Crippen molar-refractivity contribution >= 4 is 23.9 Å². The van der Waals surface area contributed by atoms with Crippen molar-refractivity contribution in [2.45, 2.75) is 74.1 Å². The minimum atomic E-state index is -1.50. The van der Waals surface area contributed by atoms with Gasteiger partial charge in [-0.1, -0.05) is 53.6 Å². The predicted octanol–water partition coefficient (Wildman–Crippen LogP) is 7.34. The average Bonchev–Trinajstić information content (AvgIpc) is 2.93. The molecule has 0 fully saturated rings. The molecular weight excluding hydrogens is 560 g/mol. The van der Waals surface area contributed by atoms with Gasteiger partial charge in [0.1, 0.15) is 5.75 Å². The van der Waals surface area contributed by atoms with Crippen molar-refractivity contribution in [3.63, 3.8) is 0 Å². The van der Waals surface area contributed by atoms with Crippen molar-refractivity contribution in [1.29, 1.82) is 0 Å². The Bertz CT molecular complexity index is 1510. The lowest BCUT2D eigenvalue weighted by atomic mass is 9.97. The summed E-state index contributed by atoms with van der Waals surface area (Å²) in [5, 5.41) is 1.76. The molecule has 3 aromatic rings. The molecule has 0 aromatic heterocycles. The first-order valence-corrected chi connectivity index (χ1v) is 14.3. The van der Waals surface area contributed by atoms with Gasteiger partial charge in [-0.3, -0.25) is 14.4 Å². The fraction of sp³-hybridized carbons (Fsp3) is 0.371. The molecule has 0 bridgehead atoms. The number of benzene rings is 3. The van der Waals surface area contributed by atoms with Gasteiger partial charge in [0.2, 0.25) is 0 Å². The normalized spacial score (nSPS) is 12.1. The van der Waals surface area contributed by atoms with Crippen LogP contribution in [0.25, 0.3) is 0 Å². The molecule has 0 aliphatic rings. The van der Waals surface area contributed by atoms with E-state index in [1.807, 2.05) is 19.9 Å². The SMILES string of the molecule is COc1cccc(C(=O)N(C(=O)OC(OC(=O)C(C)(C)C)c2ccccc2)N(C(=O)c2cc(C)cc(C)c2)C(C)(C)C)c1C. The molecule has 1 unspecified atom stereocenters. The lowest BCUT2D eigenvalue weighted by Crippen LogP contribution is -2.60. The van der Waals surface area contributed by atoms with Gasteiger partial charge in [-0.2, -0.15) is 0 Å². The second-order valence-corrected chi connectivity index (χ2v) is 12.7. The number of aryl methyl sites for hydroxylation is 2. The van der Waals surface area contributed by atoms with Crippen molar-refractivity contribution < 1.29 is 33.4 Å². The Labute approximate surface area is 259 Å². The van der Waals surface area contributed by atoms with E-state index < -0.39 is 41.1 Å². The van der Waals surface area contributed by atoms with E-state index >= 15 is 0 Å². The first kappa shape index (κ1) is 33.8. The maximum atomic E-state index is 14.4. The second-order valence-electron chi connectivity index (χ2n) is 12.7. The third-order valence-corrected chi connectivity index (χ3v) is 6.70. The van der Waals surface area contributed by atoms with E-state index in [0.717, 1.165) is 16.1 Å². The molecule has 3 amide bonds. The first-order valence-electron chi connectivity index (χ1n) is 14.3. The zero-order valence-corrected chi connectivity index (χ0v) is 27.2. The summed E-state index contributed by atoms with van der Waals surface area (Å²) < 4.78 is 16.9. The summed E-state index contributed by atoms with van der Waals surface area (Å²) in [6.45, 7) is 15.5. The number of hydrazine groups is 1. The van der Waals surface area contributed by atoms with E-state index in [9.17, 15) is 19.2 Å². The monoisotopic (exact) mass is 602 g/mol. The van der Waals surface area contributed by atoms with E-state index in [-0.39, 0.29) is 11.1 Å². The Morgan fingerprint density at radius 3 is 1.84 bits per heavy atom. The minimum absolute atomic E-state index is 0.117. The predicted molar refractivity (Wildman–Crippen MR) is 167 cm³/mol. The fourth-order valence-corrected chi connectivity index (χ4v) is 4.54. The van der Waals surface area contributed by atoms with Crippen molar-refractivity contribution in [2.75, 3.05) is 7.11 Å². The van der Waals surface area contributed by atoms with E-state index in [1.165, 1.54) is 13.2 Å². The smallest absolute Gasteiger partial charge is 0.439 e. The molecule has 0 saturated carbocycles. The maximum absolute atomic E-state index is 14.4. The Balaban J connectivity index is 2.22. The summed E-state index contributed by atoms with van der Waals surface area (Å²) in [5.41, 5.74) is 0.893. The largest absolute Gasteiger partial charge is 0.496 e. The highest BCUT2D eigenvalue weighted by Gasteiger charge is 2.43. The average molecular weight is 603 g/mol. The van der Waals surface area contributed by atoms with Crippen LogP contribution in [0.2, 0.25) is 0 Å². The van der Waals surface area contributed by atoms with Crippen LogP contribution in [0, 0.1) is 26.2 Å². The van der Waals surface area contributed by atoms with Gasteiger partial charge in [0, 0.05) is 22.3 Å². The van der Waals surface area contributed by atoms with Gasteiger partial charge >= 0.3 is 12.1 Å². The molecule has 44 heavy (non-hydrogen) atoms. The van der Waals surface area contributed by atoms with Crippen LogP contribution in [-0.2, 0) is 14.3 Å². The van der Waals surface area contributed by atoms with Crippen LogP contribution in [0.3, 0.4) is 0 Å². The van der Waals surface area contributed by atoms with Gasteiger partial charge in [0.15, 0.2) is 0 Å². The van der Waals surface area contributed by atoms with E-state index in [4.69, 9.17) is 14.2 Å². The second kappa shape index (κ2) is 13.3. The zero-order valence-electron chi connectivity index (χ0n) is 27.2. The van der Waals surface area contributed by atoms with Crippen LogP contribution < -0.4 is 4.74 Å². The van der Waals surface area contributed by atoms with Gasteiger partial charge in [-0.15, -0.1) is 5.01 Å². The Hall–Kier alpha value is -4.66. The van der Waals surface area contributed by atoms with Crippen LogP contribution in [0.4, 0.5) is 4.79 Å². The number of imide groups is 1. The number of ether oxygens (including phenoxy) is 3. The van der Waals surface area contributed by atoms with Crippen LogP contribution in [0.15, 0.2) is 66.7 Å². The molecule has 9 heteroatoms. The van der Waals surface area contributed by atoms with Crippen molar-refractivity contribution in [1.82, 2.24) is 10.0 Å². The topological polar surface area (TPSA) is 102 Å². The Morgan fingerprint density at radius 2 is 1.32 bits per heavy atom. The number of esters is 1. The zero-order chi connectivity index (χ0) is 33.0. The van der Waals surface area contributed by atoms with E-state index in [0.29, 0.717) is 21.9 Å². The fourth-order valence-electron chi connectivity index (χ4n) is 4.54. The number of hydrogen-bond donors (Lipinski definition) is 0. The van der Waals surface area contributed by atoms with Gasteiger partial charge < -0.3 is 14.2 Å². The van der Waals surface area contributed by atoms with Crippen LogP contribution >= 0.6 is 0 Å². The molecule has 0 N–H and O–H groups in total. The molecular formula is C35H42N2O7. The molecule has 234 valence electrons. The number of amides is 3. The van der Waals surface area contributed by atoms with E-state index in [1.54, 1.807) is 103 Å². The molecule has 1 atom stereocenters. The number of rotatable bonds is 6. The standard InChI is InChI=1S/C35H42N2O7/c1-22-19-23(2)21-26(20-22)29(38)37(35(7,8)9)36(30(39)27-17-14-18-28(42-10)24(27)3)33(41)44-31(25-15-12-11-13-16-25)43-32(40)34(4,5)6/h11-21,31H,1-10H3. The van der Waals surface area contributed by atoms with Gasteiger partial charge in [0.25, 0.3) is 18.1 Å². The van der Waals surface area contributed by atoms with Crippen molar-refractivity contribution in [3.05, 3.63) is 100 Å². The molecule has 3 aromatic carbocycles. The highest BCUT2D eigenvalue weighted by atomic mass is 16.7. The lowest BCUT2D eigenvalue weighted by Gasteiger charge is -2.42. The quantitative estimate of drug-likeness (QED) is 0.165. The summed E-state index contributed by atoms with van der Waals surface area (Å²) in [4.78, 5) is 55.9. The maximum Gasteiger partial charge on any atom is 0.439 e. The summed E-state index contributed by atoms with van der Waals surface area (Å²) in [7, 11) is 1.47. The Morgan fingerprint density at radius 1 is 0.727 bits per heavy atom. The number of carbonyl (C=O) groups excluding carboxylic acids is 4. The molecule has 0 aliphatic carbocycles. The molecule has 9 nitrogen and oxygen atoms in total. The number of nitrogens with zero attached hydrogens (tertiary/aromatic N) is 2. The van der Waals surface area contributed by atoms with Gasteiger partial charge in [-0.25, -0.2) is 9.80 Å². The third-order valence-electron chi connectivity index (χ3n) is 6.70. The molecule has 0 spiro atoms. The van der Waals surface area contributed by atoms with Crippen molar-refractivity contribution in [2.24, 2.45) is 5.41 Å². The number of hydrogen-bond acceptors (Lipinski definition) is 7. The number of methoxy groups -OCH3 is 1.